The Morgan fingerprint density at radius 2 is 0.812 bits per heavy atom. The van der Waals surface area contributed by atoms with Crippen LogP contribution >= 0.6 is 37.9 Å². The summed E-state index contributed by atoms with van der Waals surface area (Å²) in [6.07, 6.45) is 7.55. The maximum Gasteiger partial charge on any atom is -0.00184 e. The van der Waals surface area contributed by atoms with E-state index < -0.39 is 0 Å². The van der Waals surface area contributed by atoms with Crippen LogP contribution in [0.4, 0.5) is 0 Å². The minimum Gasteiger partial charge on any atom is -0.303 e. The van der Waals surface area contributed by atoms with Gasteiger partial charge in [0.2, 0.25) is 0 Å². The normalized spacial score (nSPS) is 11.2. The summed E-state index contributed by atoms with van der Waals surface area (Å²) in [4.78, 5) is 2.59. The number of thiol groups is 3. The predicted octanol–water partition coefficient (Wildman–Crippen LogP) is 3.42. The van der Waals surface area contributed by atoms with E-state index >= 15 is 0 Å². The van der Waals surface area contributed by atoms with E-state index in [1.54, 1.807) is 0 Å². The second-order valence-corrected chi connectivity index (χ2v) is 5.48. The summed E-state index contributed by atoms with van der Waals surface area (Å²) in [5.74, 6) is 3.04. The van der Waals surface area contributed by atoms with Crippen molar-refractivity contribution in [2.24, 2.45) is 0 Å². The van der Waals surface area contributed by atoms with Gasteiger partial charge in [-0.3, -0.25) is 0 Å². The first kappa shape index (κ1) is 17.0. The average Bonchev–Trinajstić information content (AvgIpc) is 2.29. The van der Waals surface area contributed by atoms with Crippen molar-refractivity contribution in [3.8, 4) is 0 Å². The Kier molecular flexibility index (Phi) is 15.0. The van der Waals surface area contributed by atoms with Crippen molar-refractivity contribution in [3.05, 3.63) is 0 Å². The third kappa shape index (κ3) is 11.5. The fourth-order valence-electron chi connectivity index (χ4n) is 1.68. The van der Waals surface area contributed by atoms with Crippen LogP contribution in [0, 0.1) is 0 Å². The molecule has 1 nitrogen and oxygen atoms in total. The zero-order valence-corrected chi connectivity index (χ0v) is 13.0. The summed E-state index contributed by atoms with van der Waals surface area (Å²) in [5, 5.41) is 0. The average molecular weight is 282 g/mol. The van der Waals surface area contributed by atoms with Crippen molar-refractivity contribution in [2.75, 3.05) is 36.9 Å². The highest BCUT2D eigenvalue weighted by atomic mass is 32.1. The minimum absolute atomic E-state index is 1.01. The fraction of sp³-hybridized carbons (Fsp3) is 1.00. The van der Waals surface area contributed by atoms with Crippen molar-refractivity contribution in [1.82, 2.24) is 4.90 Å². The molecule has 0 aromatic rings. The van der Waals surface area contributed by atoms with Crippen LogP contribution in [0.2, 0.25) is 0 Å². The maximum atomic E-state index is 4.26. The van der Waals surface area contributed by atoms with Gasteiger partial charge in [-0.1, -0.05) is 0 Å². The summed E-state index contributed by atoms with van der Waals surface area (Å²) in [5.41, 5.74) is 0. The predicted molar refractivity (Wildman–Crippen MR) is 85.7 cm³/mol. The maximum absolute atomic E-state index is 4.26. The molecule has 16 heavy (non-hydrogen) atoms. The molecule has 4 heteroatoms. The van der Waals surface area contributed by atoms with Crippen molar-refractivity contribution >= 4 is 37.9 Å². The SMILES string of the molecule is SCCCCN(CCCCS)CCCCS. The first-order valence-corrected chi connectivity index (χ1v) is 8.29. The molecule has 0 aromatic carbocycles. The molecule has 0 atom stereocenters. The van der Waals surface area contributed by atoms with Gasteiger partial charge < -0.3 is 4.90 Å². The summed E-state index contributed by atoms with van der Waals surface area (Å²) in [6, 6.07) is 0. The van der Waals surface area contributed by atoms with Crippen LogP contribution in [-0.4, -0.2) is 41.8 Å². The molecule has 0 radical (unpaired) electrons. The molecule has 0 amide bonds. The first-order valence-electron chi connectivity index (χ1n) is 6.40. The highest BCUT2D eigenvalue weighted by Crippen LogP contribution is 2.04. The van der Waals surface area contributed by atoms with Gasteiger partial charge in [0.05, 0.1) is 0 Å². The third-order valence-corrected chi connectivity index (χ3v) is 3.60. The molecular weight excluding hydrogens is 254 g/mol. The van der Waals surface area contributed by atoms with E-state index in [1.165, 1.54) is 58.2 Å². The summed E-state index contributed by atoms with van der Waals surface area (Å²) in [6.45, 7) is 3.71. The molecule has 0 rings (SSSR count). The van der Waals surface area contributed by atoms with E-state index in [0.717, 1.165) is 17.3 Å². The number of nitrogens with zero attached hydrogens (tertiary/aromatic N) is 1. The summed E-state index contributed by atoms with van der Waals surface area (Å²) in [7, 11) is 0. The molecule has 98 valence electrons. The van der Waals surface area contributed by atoms with Crippen LogP contribution in [0.25, 0.3) is 0 Å². The Morgan fingerprint density at radius 1 is 0.500 bits per heavy atom. The highest BCUT2D eigenvalue weighted by Gasteiger charge is 2.03. The Hall–Kier alpha value is 1.01. The third-order valence-electron chi connectivity index (χ3n) is 2.65. The molecule has 0 bridgehead atoms. The van der Waals surface area contributed by atoms with Gasteiger partial charge in [0, 0.05) is 0 Å². The van der Waals surface area contributed by atoms with E-state index in [2.05, 4.69) is 42.8 Å². The Balaban J connectivity index is 3.58. The summed E-state index contributed by atoms with van der Waals surface area (Å²) < 4.78 is 0. The van der Waals surface area contributed by atoms with Crippen molar-refractivity contribution in [3.63, 3.8) is 0 Å². The molecule has 0 N–H and O–H groups in total. The Morgan fingerprint density at radius 3 is 1.06 bits per heavy atom. The number of unbranched alkanes of at least 4 members (excludes halogenated alkanes) is 3. The largest absolute Gasteiger partial charge is 0.303 e. The zero-order chi connectivity index (χ0) is 12.1. The standard InChI is InChI=1S/C12H27NS3/c14-10-4-1-7-13(8-2-5-11-15)9-3-6-12-16/h14-16H,1-12H2. The van der Waals surface area contributed by atoms with E-state index in [0.29, 0.717) is 0 Å². The molecule has 0 saturated heterocycles. The van der Waals surface area contributed by atoms with Crippen molar-refractivity contribution in [1.29, 1.82) is 0 Å². The first-order chi connectivity index (χ1) is 7.85. The highest BCUT2D eigenvalue weighted by molar-refractivity contribution is 7.80. The van der Waals surface area contributed by atoms with Crippen LogP contribution in [0.3, 0.4) is 0 Å². The van der Waals surface area contributed by atoms with Gasteiger partial charge in [-0.05, 0) is 75.4 Å². The molecule has 0 aliphatic carbocycles. The van der Waals surface area contributed by atoms with Crippen LogP contribution in [0.5, 0.6) is 0 Å². The molecule has 0 heterocycles. The van der Waals surface area contributed by atoms with E-state index in [1.807, 2.05) is 0 Å². The minimum atomic E-state index is 1.01. The summed E-state index contributed by atoms with van der Waals surface area (Å²) >= 11 is 12.8. The second-order valence-electron chi connectivity index (χ2n) is 4.13. The lowest BCUT2D eigenvalue weighted by molar-refractivity contribution is 0.262. The van der Waals surface area contributed by atoms with Gasteiger partial charge in [-0.25, -0.2) is 0 Å². The van der Waals surface area contributed by atoms with E-state index in [9.17, 15) is 0 Å². The second kappa shape index (κ2) is 14.1. The van der Waals surface area contributed by atoms with Gasteiger partial charge in [0.1, 0.15) is 0 Å². The van der Waals surface area contributed by atoms with Crippen LogP contribution in [-0.2, 0) is 0 Å². The van der Waals surface area contributed by atoms with Gasteiger partial charge >= 0.3 is 0 Å². The van der Waals surface area contributed by atoms with Crippen LogP contribution in [0.1, 0.15) is 38.5 Å². The Labute approximate surface area is 118 Å². The van der Waals surface area contributed by atoms with Gasteiger partial charge in [0.25, 0.3) is 0 Å². The topological polar surface area (TPSA) is 3.24 Å². The lowest BCUT2D eigenvalue weighted by Gasteiger charge is -2.22. The fourth-order valence-corrected chi connectivity index (χ4v) is 2.35. The van der Waals surface area contributed by atoms with Gasteiger partial charge in [-0.2, -0.15) is 37.9 Å². The number of hydrogen-bond acceptors (Lipinski definition) is 4. The van der Waals surface area contributed by atoms with Crippen molar-refractivity contribution in [2.45, 2.75) is 38.5 Å². The van der Waals surface area contributed by atoms with Crippen LogP contribution in [0.15, 0.2) is 0 Å². The number of hydrogen-bond donors (Lipinski definition) is 3. The molecule has 0 saturated carbocycles. The quantitative estimate of drug-likeness (QED) is 0.365. The molecular formula is C12H27NS3. The van der Waals surface area contributed by atoms with Crippen LogP contribution < -0.4 is 0 Å². The molecule has 0 fully saturated rings. The van der Waals surface area contributed by atoms with Crippen molar-refractivity contribution < 1.29 is 0 Å². The lowest BCUT2D eigenvalue weighted by Crippen LogP contribution is -2.27. The monoisotopic (exact) mass is 281 g/mol. The van der Waals surface area contributed by atoms with Gasteiger partial charge in [0.15, 0.2) is 0 Å². The van der Waals surface area contributed by atoms with Gasteiger partial charge in [-0.15, -0.1) is 0 Å². The molecule has 0 aliphatic rings. The molecule has 0 aliphatic heterocycles. The van der Waals surface area contributed by atoms with E-state index in [4.69, 9.17) is 0 Å². The lowest BCUT2D eigenvalue weighted by atomic mass is 10.2. The van der Waals surface area contributed by atoms with E-state index in [-0.39, 0.29) is 0 Å². The number of rotatable bonds is 12. The molecule has 0 spiro atoms. The Bertz CT molecular complexity index is 110. The molecule has 0 unspecified atom stereocenters. The zero-order valence-electron chi connectivity index (χ0n) is 10.3. The smallest absolute Gasteiger partial charge is 0.00184 e. The molecule has 0 aromatic heterocycles.